The number of carbonyl (C=O) groups excluding carboxylic acids is 2. The van der Waals surface area contributed by atoms with Crippen LogP contribution in [0.5, 0.6) is 0 Å². The van der Waals surface area contributed by atoms with Crippen LogP contribution in [0.4, 0.5) is 11.6 Å². The third-order valence-corrected chi connectivity index (χ3v) is 9.10. The van der Waals surface area contributed by atoms with Gasteiger partial charge in [-0.15, -0.1) is 0 Å². The molecule has 3 heterocycles. The number of benzene rings is 2. The fraction of sp³-hybridized carbons (Fsp3) is 0.379. The van der Waals surface area contributed by atoms with Gasteiger partial charge in [0.15, 0.2) is 0 Å². The molecule has 5 rings (SSSR count). The molecule has 41 heavy (non-hydrogen) atoms. The topological polar surface area (TPSA) is 125 Å². The van der Waals surface area contributed by atoms with Gasteiger partial charge in [-0.25, -0.2) is 18.4 Å². The Balaban J connectivity index is 1.20. The Kier molecular flexibility index (Phi) is 8.91. The van der Waals surface area contributed by atoms with Gasteiger partial charge in [0.25, 0.3) is 5.91 Å². The fourth-order valence-electron chi connectivity index (χ4n) is 4.85. The smallest absolute Gasteiger partial charge is 0.253 e. The molecule has 0 bridgehead atoms. The molecule has 0 saturated carbocycles. The van der Waals surface area contributed by atoms with Crippen LogP contribution in [0.25, 0.3) is 11.3 Å². The van der Waals surface area contributed by atoms with Gasteiger partial charge in [-0.2, -0.15) is 4.31 Å². The van der Waals surface area contributed by atoms with Gasteiger partial charge in [0.05, 0.1) is 23.8 Å². The van der Waals surface area contributed by atoms with Crippen molar-refractivity contribution in [3.05, 3.63) is 66.4 Å². The van der Waals surface area contributed by atoms with Crippen LogP contribution in [0, 0.1) is 0 Å². The van der Waals surface area contributed by atoms with E-state index in [9.17, 15) is 18.0 Å². The number of morpholine rings is 1. The molecule has 0 radical (unpaired) electrons. The van der Waals surface area contributed by atoms with E-state index < -0.39 is 10.0 Å². The van der Waals surface area contributed by atoms with Crippen molar-refractivity contribution in [3.8, 4) is 11.3 Å². The fourth-order valence-corrected chi connectivity index (χ4v) is 6.26. The second kappa shape index (κ2) is 12.8. The molecule has 11 nitrogen and oxygen atoms in total. The first-order chi connectivity index (χ1) is 19.8. The minimum absolute atomic E-state index is 0.0588. The predicted molar refractivity (Wildman–Crippen MR) is 154 cm³/mol. The van der Waals surface area contributed by atoms with Crippen molar-refractivity contribution in [3.63, 3.8) is 0 Å². The zero-order valence-corrected chi connectivity index (χ0v) is 23.8. The van der Waals surface area contributed by atoms with Crippen molar-refractivity contribution in [2.45, 2.75) is 24.7 Å². The van der Waals surface area contributed by atoms with Gasteiger partial charge in [0.1, 0.15) is 0 Å². The number of nitrogens with zero attached hydrogens (tertiary/aromatic N) is 5. The number of sulfonamides is 1. The molecule has 3 aromatic rings. The molecule has 2 fully saturated rings. The van der Waals surface area contributed by atoms with Crippen molar-refractivity contribution >= 4 is 33.5 Å². The van der Waals surface area contributed by atoms with Gasteiger partial charge < -0.3 is 19.9 Å². The summed E-state index contributed by atoms with van der Waals surface area (Å²) in [5, 5.41) is 3.16. The van der Waals surface area contributed by atoms with Crippen LogP contribution >= 0.6 is 0 Å². The van der Waals surface area contributed by atoms with Gasteiger partial charge >= 0.3 is 0 Å². The maximum Gasteiger partial charge on any atom is 0.253 e. The standard InChI is InChI=1S/C29H34N6O5S/c1-2-3-27(36)33-14-16-34(17-15-33)28(37)23-4-8-24(9-5-23)31-29-30-13-12-26(32-29)22-6-10-25(11-7-22)41(38,39)35-18-20-40-21-19-35/h4-13H,2-3,14-21H2,1H3,(H,30,31,32). The van der Waals surface area contributed by atoms with E-state index in [4.69, 9.17) is 4.74 Å². The maximum atomic E-state index is 13.0. The average Bonchev–Trinajstić information content (AvgIpc) is 3.02. The average molecular weight is 579 g/mol. The van der Waals surface area contributed by atoms with Crippen LogP contribution in [0.3, 0.4) is 0 Å². The number of rotatable bonds is 8. The first kappa shape index (κ1) is 28.7. The number of piperazine rings is 1. The molecule has 1 aromatic heterocycles. The number of ether oxygens (including phenoxy) is 1. The Morgan fingerprint density at radius 2 is 1.54 bits per heavy atom. The quantitative estimate of drug-likeness (QED) is 0.433. The first-order valence-corrected chi connectivity index (χ1v) is 15.2. The molecule has 2 aromatic carbocycles. The molecule has 0 atom stereocenters. The SMILES string of the molecule is CCCC(=O)N1CCN(C(=O)c2ccc(Nc3nccc(-c4ccc(S(=O)(=O)N5CCOCC5)cc4)n3)cc2)CC1. The summed E-state index contributed by atoms with van der Waals surface area (Å²) >= 11 is 0. The molecular formula is C29H34N6O5S. The lowest BCUT2D eigenvalue weighted by Gasteiger charge is -2.34. The molecule has 0 aliphatic carbocycles. The summed E-state index contributed by atoms with van der Waals surface area (Å²) in [6.45, 7) is 5.64. The zero-order chi connectivity index (χ0) is 28.8. The number of aromatic nitrogens is 2. The number of nitrogens with one attached hydrogen (secondary N) is 1. The van der Waals surface area contributed by atoms with Crippen LogP contribution < -0.4 is 5.32 Å². The van der Waals surface area contributed by atoms with Crippen LogP contribution in [-0.4, -0.2) is 96.8 Å². The lowest BCUT2D eigenvalue weighted by atomic mass is 10.1. The van der Waals surface area contributed by atoms with Crippen LogP contribution in [0.15, 0.2) is 65.7 Å². The van der Waals surface area contributed by atoms with Gasteiger partial charge in [-0.3, -0.25) is 9.59 Å². The highest BCUT2D eigenvalue weighted by molar-refractivity contribution is 7.89. The van der Waals surface area contributed by atoms with E-state index in [1.165, 1.54) is 4.31 Å². The molecular weight excluding hydrogens is 544 g/mol. The highest BCUT2D eigenvalue weighted by Gasteiger charge is 2.26. The van der Waals surface area contributed by atoms with Crippen LogP contribution in [0.2, 0.25) is 0 Å². The largest absolute Gasteiger partial charge is 0.379 e. The number of anilines is 2. The zero-order valence-electron chi connectivity index (χ0n) is 23.0. The third kappa shape index (κ3) is 6.72. The van der Waals surface area contributed by atoms with Crippen LogP contribution in [0.1, 0.15) is 30.1 Å². The van der Waals surface area contributed by atoms with Gasteiger partial charge in [-0.05, 0) is 48.9 Å². The first-order valence-electron chi connectivity index (χ1n) is 13.8. The highest BCUT2D eigenvalue weighted by atomic mass is 32.2. The van der Waals surface area contributed by atoms with E-state index in [0.717, 1.165) is 17.7 Å². The number of carbonyl (C=O) groups is 2. The normalized spacial score (nSPS) is 16.4. The summed E-state index contributed by atoms with van der Waals surface area (Å²) in [6, 6.07) is 15.5. The monoisotopic (exact) mass is 578 g/mol. The number of hydrogen-bond acceptors (Lipinski definition) is 8. The minimum atomic E-state index is -3.57. The van der Waals surface area contributed by atoms with Crippen molar-refractivity contribution in [2.24, 2.45) is 0 Å². The number of hydrogen-bond donors (Lipinski definition) is 1. The lowest BCUT2D eigenvalue weighted by molar-refractivity contribution is -0.132. The van der Waals surface area contributed by atoms with Gasteiger partial charge in [0.2, 0.25) is 21.9 Å². The summed E-state index contributed by atoms with van der Waals surface area (Å²) in [7, 11) is -3.57. The van der Waals surface area contributed by atoms with E-state index >= 15 is 0 Å². The van der Waals surface area contributed by atoms with E-state index in [2.05, 4.69) is 15.3 Å². The molecule has 0 unspecified atom stereocenters. The Bertz CT molecular complexity index is 1470. The summed E-state index contributed by atoms with van der Waals surface area (Å²) < 4.78 is 32.5. The lowest BCUT2D eigenvalue weighted by Crippen LogP contribution is -2.50. The van der Waals surface area contributed by atoms with Crippen molar-refractivity contribution in [2.75, 3.05) is 57.8 Å². The Morgan fingerprint density at radius 3 is 2.20 bits per heavy atom. The summed E-state index contributed by atoms with van der Waals surface area (Å²) in [4.78, 5) is 37.8. The Hall–Kier alpha value is -3.87. The van der Waals surface area contributed by atoms with E-state index in [1.807, 2.05) is 11.8 Å². The molecule has 2 saturated heterocycles. The van der Waals surface area contributed by atoms with Crippen LogP contribution in [-0.2, 0) is 19.6 Å². The maximum absolute atomic E-state index is 13.0. The van der Waals surface area contributed by atoms with Crippen molar-refractivity contribution in [1.29, 1.82) is 0 Å². The predicted octanol–water partition coefficient (Wildman–Crippen LogP) is 2.99. The van der Waals surface area contributed by atoms with E-state index in [-0.39, 0.29) is 16.7 Å². The van der Waals surface area contributed by atoms with E-state index in [0.29, 0.717) is 76.1 Å². The summed E-state index contributed by atoms with van der Waals surface area (Å²) in [5.74, 6) is 0.464. The second-order valence-corrected chi connectivity index (χ2v) is 11.9. The van der Waals surface area contributed by atoms with Crippen molar-refractivity contribution in [1.82, 2.24) is 24.1 Å². The molecule has 1 N–H and O–H groups in total. The minimum Gasteiger partial charge on any atom is -0.379 e. The molecule has 12 heteroatoms. The molecule has 216 valence electrons. The van der Waals surface area contributed by atoms with Gasteiger partial charge in [-0.1, -0.05) is 19.1 Å². The van der Waals surface area contributed by atoms with Gasteiger partial charge in [0, 0.05) is 68.7 Å². The highest BCUT2D eigenvalue weighted by Crippen LogP contribution is 2.24. The number of amides is 2. The Labute approximate surface area is 240 Å². The molecule has 2 aliphatic heterocycles. The summed E-state index contributed by atoms with van der Waals surface area (Å²) in [5.41, 5.74) is 2.70. The molecule has 2 aliphatic rings. The summed E-state index contributed by atoms with van der Waals surface area (Å²) in [6.07, 6.45) is 3.00. The van der Waals surface area contributed by atoms with E-state index in [1.54, 1.807) is 65.7 Å². The molecule has 0 spiro atoms. The van der Waals surface area contributed by atoms with Crippen molar-refractivity contribution < 1.29 is 22.7 Å². The second-order valence-electron chi connectivity index (χ2n) is 9.93. The molecule has 2 amide bonds. The Morgan fingerprint density at radius 1 is 0.878 bits per heavy atom. The third-order valence-electron chi connectivity index (χ3n) is 7.18.